The molecule has 0 spiro atoms. The van der Waals surface area contributed by atoms with Crippen LogP contribution < -0.4 is 5.32 Å². The van der Waals surface area contributed by atoms with Gasteiger partial charge >= 0.3 is 0 Å². The standard InChI is InChI=1S/C19H22ClN/c1-3-21-19(15-9-8-13(2)18(20)12-15)17-11-10-14-6-4-5-7-16(14)17/h4-9,12,17,19,21H,3,10-11H2,1-2H3. The quantitative estimate of drug-likeness (QED) is 0.835. The molecule has 1 aliphatic rings. The minimum Gasteiger partial charge on any atom is -0.310 e. The predicted octanol–water partition coefficient (Wildman–Crippen LogP) is 5.03. The van der Waals surface area contributed by atoms with Gasteiger partial charge in [0.1, 0.15) is 0 Å². The van der Waals surface area contributed by atoms with Crippen LogP contribution in [0.15, 0.2) is 42.5 Å². The molecule has 0 aromatic heterocycles. The van der Waals surface area contributed by atoms with Crippen molar-refractivity contribution in [3.8, 4) is 0 Å². The van der Waals surface area contributed by atoms with E-state index in [4.69, 9.17) is 11.6 Å². The Hall–Kier alpha value is -1.31. The summed E-state index contributed by atoms with van der Waals surface area (Å²) in [6, 6.07) is 15.7. The van der Waals surface area contributed by atoms with Crippen molar-refractivity contribution < 1.29 is 0 Å². The Balaban J connectivity index is 1.97. The van der Waals surface area contributed by atoms with Crippen LogP contribution >= 0.6 is 11.6 Å². The van der Waals surface area contributed by atoms with Crippen LogP contribution in [-0.2, 0) is 6.42 Å². The van der Waals surface area contributed by atoms with Gasteiger partial charge in [-0.3, -0.25) is 0 Å². The summed E-state index contributed by atoms with van der Waals surface area (Å²) in [4.78, 5) is 0. The van der Waals surface area contributed by atoms with Gasteiger partial charge in [-0.25, -0.2) is 0 Å². The Bertz CT molecular complexity index is 635. The normalized spacial score (nSPS) is 18.5. The van der Waals surface area contributed by atoms with Gasteiger partial charge in [0.15, 0.2) is 0 Å². The third-order valence-electron chi connectivity index (χ3n) is 4.56. The molecule has 2 unspecified atom stereocenters. The van der Waals surface area contributed by atoms with Gasteiger partial charge in [0, 0.05) is 17.0 Å². The van der Waals surface area contributed by atoms with Gasteiger partial charge in [0.2, 0.25) is 0 Å². The summed E-state index contributed by atoms with van der Waals surface area (Å²) in [5.74, 6) is 0.542. The van der Waals surface area contributed by atoms with Crippen molar-refractivity contribution in [2.24, 2.45) is 0 Å². The number of rotatable bonds is 4. The van der Waals surface area contributed by atoms with Crippen LogP contribution in [0.4, 0.5) is 0 Å². The minimum atomic E-state index is 0.344. The molecule has 0 fully saturated rings. The molecule has 0 heterocycles. The summed E-state index contributed by atoms with van der Waals surface area (Å²) in [5, 5.41) is 4.53. The van der Waals surface area contributed by atoms with Crippen LogP contribution in [0.2, 0.25) is 5.02 Å². The van der Waals surface area contributed by atoms with Gasteiger partial charge in [-0.2, -0.15) is 0 Å². The average Bonchev–Trinajstić information content (AvgIpc) is 2.92. The molecule has 0 aliphatic heterocycles. The number of benzene rings is 2. The van der Waals surface area contributed by atoms with Gasteiger partial charge in [-0.05, 0) is 54.6 Å². The molecule has 0 saturated carbocycles. The number of aryl methyl sites for hydroxylation is 2. The molecule has 1 N–H and O–H groups in total. The van der Waals surface area contributed by atoms with Crippen LogP contribution in [0.5, 0.6) is 0 Å². The number of nitrogens with one attached hydrogen (secondary N) is 1. The maximum absolute atomic E-state index is 6.34. The first-order valence-electron chi connectivity index (χ1n) is 7.78. The van der Waals surface area contributed by atoms with Crippen molar-refractivity contribution in [1.82, 2.24) is 5.32 Å². The third kappa shape index (κ3) is 2.86. The van der Waals surface area contributed by atoms with Crippen molar-refractivity contribution in [3.63, 3.8) is 0 Å². The average molecular weight is 300 g/mol. The third-order valence-corrected chi connectivity index (χ3v) is 4.97. The molecule has 2 aromatic carbocycles. The van der Waals surface area contributed by atoms with Gasteiger partial charge in [0.25, 0.3) is 0 Å². The predicted molar refractivity (Wildman–Crippen MR) is 90.1 cm³/mol. The topological polar surface area (TPSA) is 12.0 Å². The second-order valence-electron chi connectivity index (χ2n) is 5.89. The first kappa shape index (κ1) is 14.6. The van der Waals surface area contributed by atoms with Crippen molar-refractivity contribution in [3.05, 3.63) is 69.7 Å². The van der Waals surface area contributed by atoms with E-state index in [1.807, 2.05) is 0 Å². The molecule has 3 rings (SSSR count). The lowest BCUT2D eigenvalue weighted by Crippen LogP contribution is -2.26. The van der Waals surface area contributed by atoms with Gasteiger partial charge in [0.05, 0.1) is 0 Å². The van der Waals surface area contributed by atoms with E-state index in [2.05, 4.69) is 61.6 Å². The highest BCUT2D eigenvalue weighted by Crippen LogP contribution is 2.42. The van der Waals surface area contributed by atoms with E-state index in [0.29, 0.717) is 12.0 Å². The zero-order valence-corrected chi connectivity index (χ0v) is 13.5. The zero-order chi connectivity index (χ0) is 14.8. The summed E-state index contributed by atoms with van der Waals surface area (Å²) in [6.07, 6.45) is 2.39. The van der Waals surface area contributed by atoms with E-state index in [9.17, 15) is 0 Å². The second-order valence-corrected chi connectivity index (χ2v) is 6.30. The van der Waals surface area contributed by atoms with Crippen molar-refractivity contribution in [2.45, 2.75) is 38.6 Å². The first-order valence-corrected chi connectivity index (χ1v) is 8.15. The molecule has 21 heavy (non-hydrogen) atoms. The Labute approximate surface area is 132 Å². The fourth-order valence-electron chi connectivity index (χ4n) is 3.45. The smallest absolute Gasteiger partial charge is 0.0438 e. The fourth-order valence-corrected chi connectivity index (χ4v) is 3.64. The van der Waals surface area contributed by atoms with Crippen LogP contribution in [0.3, 0.4) is 0 Å². The van der Waals surface area contributed by atoms with E-state index in [-0.39, 0.29) is 0 Å². The Morgan fingerprint density at radius 1 is 1.24 bits per heavy atom. The van der Waals surface area contributed by atoms with Crippen LogP contribution in [0, 0.1) is 6.92 Å². The number of likely N-dealkylation sites (N-methyl/N-ethyl adjacent to an activating group) is 1. The second kappa shape index (κ2) is 6.21. The number of fused-ring (bicyclic) bond motifs is 1. The summed E-state index contributed by atoms with van der Waals surface area (Å²) in [6.45, 7) is 5.19. The molecule has 1 aliphatic carbocycles. The molecule has 0 amide bonds. The van der Waals surface area contributed by atoms with Gasteiger partial charge in [-0.15, -0.1) is 0 Å². The molecule has 1 nitrogen and oxygen atoms in total. The zero-order valence-electron chi connectivity index (χ0n) is 12.7. The molecule has 0 radical (unpaired) electrons. The number of hydrogen-bond acceptors (Lipinski definition) is 1. The van der Waals surface area contributed by atoms with Crippen molar-refractivity contribution in [2.75, 3.05) is 6.54 Å². The highest BCUT2D eigenvalue weighted by molar-refractivity contribution is 6.31. The maximum atomic E-state index is 6.34. The van der Waals surface area contributed by atoms with Crippen molar-refractivity contribution in [1.29, 1.82) is 0 Å². The van der Waals surface area contributed by atoms with E-state index in [0.717, 1.165) is 17.1 Å². The lowest BCUT2D eigenvalue weighted by Gasteiger charge is -2.26. The summed E-state index contributed by atoms with van der Waals surface area (Å²) >= 11 is 6.34. The highest BCUT2D eigenvalue weighted by Gasteiger charge is 2.30. The van der Waals surface area contributed by atoms with E-state index in [1.165, 1.54) is 29.5 Å². The largest absolute Gasteiger partial charge is 0.310 e. The Kier molecular flexibility index (Phi) is 4.32. The number of halogens is 1. The van der Waals surface area contributed by atoms with Gasteiger partial charge in [-0.1, -0.05) is 54.9 Å². The maximum Gasteiger partial charge on any atom is 0.0438 e. The van der Waals surface area contributed by atoms with Crippen LogP contribution in [-0.4, -0.2) is 6.54 Å². The molecule has 0 bridgehead atoms. The first-order chi connectivity index (χ1) is 10.2. The van der Waals surface area contributed by atoms with E-state index >= 15 is 0 Å². The van der Waals surface area contributed by atoms with Crippen molar-refractivity contribution >= 4 is 11.6 Å². The molecular formula is C19H22ClN. The van der Waals surface area contributed by atoms with Crippen LogP contribution in [0.25, 0.3) is 0 Å². The summed E-state index contributed by atoms with van der Waals surface area (Å²) < 4.78 is 0. The molecule has 0 saturated heterocycles. The van der Waals surface area contributed by atoms with E-state index < -0.39 is 0 Å². The Morgan fingerprint density at radius 3 is 2.81 bits per heavy atom. The molecule has 2 aromatic rings. The highest BCUT2D eigenvalue weighted by atomic mass is 35.5. The SMILES string of the molecule is CCNC(c1ccc(C)c(Cl)c1)C1CCc2ccccc21. The lowest BCUT2D eigenvalue weighted by molar-refractivity contribution is 0.453. The van der Waals surface area contributed by atoms with E-state index in [1.54, 1.807) is 0 Å². The fraction of sp³-hybridized carbons (Fsp3) is 0.368. The Morgan fingerprint density at radius 2 is 2.05 bits per heavy atom. The number of hydrogen-bond donors (Lipinski definition) is 1. The van der Waals surface area contributed by atoms with Crippen LogP contribution in [0.1, 0.15) is 47.6 Å². The molecular weight excluding hydrogens is 278 g/mol. The summed E-state index contributed by atoms with van der Waals surface area (Å²) in [5.41, 5.74) is 5.44. The minimum absolute atomic E-state index is 0.344. The molecule has 2 heteroatoms. The molecule has 110 valence electrons. The monoisotopic (exact) mass is 299 g/mol. The summed E-state index contributed by atoms with van der Waals surface area (Å²) in [7, 11) is 0. The van der Waals surface area contributed by atoms with Gasteiger partial charge < -0.3 is 5.32 Å². The molecule has 2 atom stereocenters. The lowest BCUT2D eigenvalue weighted by atomic mass is 9.88.